The van der Waals surface area contributed by atoms with Gasteiger partial charge >= 0.3 is 5.97 Å². The van der Waals surface area contributed by atoms with Crippen LogP contribution < -0.4 is 9.46 Å². The number of carbonyl (C=O) groups excluding carboxylic acids is 1. The van der Waals surface area contributed by atoms with E-state index in [-0.39, 0.29) is 40.1 Å². The van der Waals surface area contributed by atoms with Crippen molar-refractivity contribution in [2.24, 2.45) is 0 Å². The third kappa shape index (κ3) is 3.86. The fourth-order valence-corrected chi connectivity index (χ4v) is 4.30. The first-order chi connectivity index (χ1) is 13.1. The van der Waals surface area contributed by atoms with Gasteiger partial charge in [0.25, 0.3) is 10.0 Å². The molecule has 28 heavy (non-hydrogen) atoms. The molecule has 11 heteroatoms. The highest BCUT2D eigenvalue weighted by molar-refractivity contribution is 7.89. The lowest BCUT2D eigenvalue weighted by molar-refractivity contribution is 0.0525. The minimum atomic E-state index is -4.12. The first-order valence-electron chi connectivity index (χ1n) is 8.33. The largest absolute Gasteiger partial charge is 0.491 e. The summed E-state index contributed by atoms with van der Waals surface area (Å²) in [7, 11) is -4.12. The van der Waals surface area contributed by atoms with Crippen molar-refractivity contribution in [3.05, 3.63) is 45.9 Å². The summed E-state index contributed by atoms with van der Waals surface area (Å²) in [6.45, 7) is 3.10. The van der Waals surface area contributed by atoms with Crippen LogP contribution in [0.25, 0.3) is 0 Å². The Morgan fingerprint density at radius 1 is 1.46 bits per heavy atom. The van der Waals surface area contributed by atoms with E-state index < -0.39 is 34.0 Å². The van der Waals surface area contributed by atoms with Gasteiger partial charge in [0.1, 0.15) is 29.3 Å². The minimum absolute atomic E-state index is 0.0881. The van der Waals surface area contributed by atoms with Crippen molar-refractivity contribution in [3.63, 3.8) is 0 Å². The zero-order chi connectivity index (χ0) is 20.6. The van der Waals surface area contributed by atoms with Gasteiger partial charge in [0.2, 0.25) is 0 Å². The lowest BCUT2D eigenvalue weighted by Crippen LogP contribution is -2.45. The second-order valence-electron chi connectivity index (χ2n) is 6.18. The van der Waals surface area contributed by atoms with Crippen molar-refractivity contribution in [1.82, 2.24) is 9.71 Å². The average Bonchev–Trinajstić information content (AvgIpc) is 3.02. The molecule has 0 fully saturated rings. The van der Waals surface area contributed by atoms with E-state index in [4.69, 9.17) is 21.1 Å². The Balaban J connectivity index is 1.84. The molecule has 152 valence electrons. The number of aliphatic hydroxyl groups is 1. The maximum absolute atomic E-state index is 13.5. The second kappa shape index (κ2) is 7.70. The van der Waals surface area contributed by atoms with E-state index in [1.807, 2.05) is 0 Å². The van der Waals surface area contributed by atoms with Crippen molar-refractivity contribution >= 4 is 27.6 Å². The summed E-state index contributed by atoms with van der Waals surface area (Å²) < 4.78 is 51.5. The summed E-state index contributed by atoms with van der Waals surface area (Å²) >= 11 is 5.73. The number of aryl methyl sites for hydroxylation is 1. The Hall–Kier alpha value is -2.14. The molecule has 0 bridgehead atoms. The van der Waals surface area contributed by atoms with Crippen LogP contribution >= 0.6 is 11.6 Å². The van der Waals surface area contributed by atoms with Crippen LogP contribution in [0.3, 0.4) is 0 Å². The van der Waals surface area contributed by atoms with Crippen LogP contribution in [0.5, 0.6) is 5.75 Å². The summed E-state index contributed by atoms with van der Waals surface area (Å²) in [6.07, 6.45) is -1.31. The summed E-state index contributed by atoms with van der Waals surface area (Å²) in [5.74, 6) is -1.27. The van der Waals surface area contributed by atoms with Crippen molar-refractivity contribution < 1.29 is 32.2 Å². The second-order valence-corrected chi connectivity index (χ2v) is 8.27. The van der Waals surface area contributed by atoms with Gasteiger partial charge in [0, 0.05) is 17.3 Å². The van der Waals surface area contributed by atoms with Gasteiger partial charge in [-0.1, -0.05) is 11.6 Å². The molecule has 3 rings (SSSR count). The van der Waals surface area contributed by atoms with Crippen LogP contribution in [0.2, 0.25) is 5.02 Å². The summed E-state index contributed by atoms with van der Waals surface area (Å²) in [5.41, 5.74) is 0.586. The van der Waals surface area contributed by atoms with E-state index >= 15 is 0 Å². The molecular formula is C17H18ClFN2O6S. The molecule has 0 saturated carbocycles. The van der Waals surface area contributed by atoms with Gasteiger partial charge in [0.15, 0.2) is 0 Å². The maximum atomic E-state index is 13.5. The number of aliphatic hydroxyl groups excluding tert-OH is 1. The summed E-state index contributed by atoms with van der Waals surface area (Å²) in [6, 6.07) is 2.33. The maximum Gasteiger partial charge on any atom is 0.339 e. The quantitative estimate of drug-likeness (QED) is 0.622. The monoisotopic (exact) mass is 432 g/mol. The predicted molar refractivity (Wildman–Crippen MR) is 97.5 cm³/mol. The Kier molecular flexibility index (Phi) is 5.67. The van der Waals surface area contributed by atoms with E-state index in [2.05, 4.69) is 9.71 Å². The molecule has 2 heterocycles. The van der Waals surface area contributed by atoms with Gasteiger partial charge in [-0.05, 0) is 26.0 Å². The first-order valence-corrected chi connectivity index (χ1v) is 10.2. The van der Waals surface area contributed by atoms with Crippen LogP contribution in [0.1, 0.15) is 34.6 Å². The van der Waals surface area contributed by atoms with Gasteiger partial charge in [-0.15, -0.1) is 0 Å². The first kappa shape index (κ1) is 20.6. The lowest BCUT2D eigenvalue weighted by atomic mass is 10.00. The fraction of sp³-hybridized carbons (Fsp3) is 0.353. The number of esters is 1. The lowest BCUT2D eigenvalue weighted by Gasteiger charge is -2.30. The number of halogens is 2. The Labute approximate surface area is 165 Å². The minimum Gasteiger partial charge on any atom is -0.491 e. The molecule has 1 aromatic carbocycles. The summed E-state index contributed by atoms with van der Waals surface area (Å²) in [5, 5.41) is 10.0. The van der Waals surface area contributed by atoms with Crippen LogP contribution in [0, 0.1) is 12.7 Å². The van der Waals surface area contributed by atoms with E-state index in [0.717, 1.165) is 12.1 Å². The standard InChI is InChI=1S/C17H18ClFN2O6S/c1-3-26-17(23)9-5-15(20-8(9)2)28(24,25)21-13-7-27-14-6-12(19)11(18)4-10(14)16(13)22/h4-6,13,16,20-22H,3,7H2,1-2H3/t13-,16-/m1/s1. The number of aromatic nitrogens is 1. The van der Waals surface area contributed by atoms with Crippen LogP contribution in [-0.2, 0) is 14.8 Å². The molecule has 0 radical (unpaired) electrons. The fourth-order valence-electron chi connectivity index (χ4n) is 2.84. The normalized spacial score (nSPS) is 19.0. The van der Waals surface area contributed by atoms with Crippen LogP contribution in [0.4, 0.5) is 4.39 Å². The number of nitrogens with one attached hydrogen (secondary N) is 2. The van der Waals surface area contributed by atoms with E-state index in [0.29, 0.717) is 5.69 Å². The molecule has 0 saturated heterocycles. The van der Waals surface area contributed by atoms with Crippen LogP contribution in [0.15, 0.2) is 23.2 Å². The molecule has 1 aliphatic heterocycles. The molecule has 2 aromatic rings. The Morgan fingerprint density at radius 2 is 2.18 bits per heavy atom. The van der Waals surface area contributed by atoms with Crippen LogP contribution in [-0.4, -0.2) is 43.7 Å². The molecular weight excluding hydrogens is 415 g/mol. The van der Waals surface area contributed by atoms with Crippen molar-refractivity contribution in [2.75, 3.05) is 13.2 Å². The smallest absolute Gasteiger partial charge is 0.339 e. The van der Waals surface area contributed by atoms with E-state index in [1.54, 1.807) is 6.92 Å². The van der Waals surface area contributed by atoms with E-state index in [1.165, 1.54) is 13.0 Å². The molecule has 2 atom stereocenters. The Morgan fingerprint density at radius 3 is 2.86 bits per heavy atom. The van der Waals surface area contributed by atoms with Gasteiger partial charge in [-0.2, -0.15) is 0 Å². The van der Waals surface area contributed by atoms with Crippen molar-refractivity contribution in [2.45, 2.75) is 31.0 Å². The molecule has 1 aliphatic rings. The predicted octanol–water partition coefficient (Wildman–Crippen LogP) is 2.07. The van der Waals surface area contributed by atoms with Crippen molar-refractivity contribution in [3.8, 4) is 5.75 Å². The zero-order valence-corrected chi connectivity index (χ0v) is 16.5. The number of hydrogen-bond acceptors (Lipinski definition) is 6. The highest BCUT2D eigenvalue weighted by Crippen LogP contribution is 2.36. The highest BCUT2D eigenvalue weighted by Gasteiger charge is 2.34. The number of aromatic amines is 1. The molecule has 0 aliphatic carbocycles. The third-order valence-corrected chi connectivity index (χ3v) is 5.95. The number of sulfonamides is 1. The molecule has 0 unspecified atom stereocenters. The third-order valence-electron chi connectivity index (χ3n) is 4.25. The number of carbonyl (C=O) groups is 1. The number of H-pyrrole nitrogens is 1. The molecule has 0 amide bonds. The molecule has 8 nitrogen and oxygen atoms in total. The highest BCUT2D eigenvalue weighted by atomic mass is 35.5. The van der Waals surface area contributed by atoms with Gasteiger partial charge in [-0.3, -0.25) is 0 Å². The zero-order valence-electron chi connectivity index (χ0n) is 15.0. The number of rotatable bonds is 5. The van der Waals surface area contributed by atoms with E-state index in [9.17, 15) is 22.7 Å². The topological polar surface area (TPSA) is 118 Å². The van der Waals surface area contributed by atoms with Gasteiger partial charge in [-0.25, -0.2) is 22.3 Å². The number of hydrogen-bond donors (Lipinski definition) is 3. The van der Waals surface area contributed by atoms with Crippen molar-refractivity contribution in [1.29, 1.82) is 0 Å². The molecule has 3 N–H and O–H groups in total. The summed E-state index contributed by atoms with van der Waals surface area (Å²) in [4.78, 5) is 14.5. The Bertz CT molecular complexity index is 1020. The number of ether oxygens (including phenoxy) is 2. The van der Waals surface area contributed by atoms with Gasteiger partial charge < -0.3 is 19.6 Å². The molecule has 0 spiro atoms. The SMILES string of the molecule is CCOC(=O)c1cc(S(=O)(=O)N[C@@H]2COc3cc(F)c(Cl)cc3[C@H]2O)[nH]c1C. The molecule has 1 aromatic heterocycles. The number of fused-ring (bicyclic) bond motifs is 1. The average molecular weight is 433 g/mol. The van der Waals surface area contributed by atoms with Gasteiger partial charge in [0.05, 0.1) is 23.2 Å². The number of benzene rings is 1.